The first-order chi connectivity index (χ1) is 5.90. The van der Waals surface area contributed by atoms with Crippen molar-refractivity contribution in [2.75, 3.05) is 0 Å². The van der Waals surface area contributed by atoms with Crippen molar-refractivity contribution >= 4 is 5.97 Å². The number of allylic oxidation sites excluding steroid dienone is 1. The van der Waals surface area contributed by atoms with Crippen LogP contribution in [0, 0.1) is 11.3 Å². The molecule has 1 aliphatic rings. The minimum absolute atomic E-state index is 0.0954. The quantitative estimate of drug-likeness (QED) is 0.688. The van der Waals surface area contributed by atoms with Crippen LogP contribution in [0.25, 0.3) is 0 Å². The molecule has 1 N–H and O–H groups in total. The number of carboxylic acids is 1. The standard InChI is InChI=1S/C10H15FO2/c1-4-6(8(11)9(12)13)7-5-10(7,2)3/h7H,4-5H2,1-3H3,(H,12,13)/b8-6-. The van der Waals surface area contributed by atoms with Crippen LogP contribution in [-0.2, 0) is 4.79 Å². The van der Waals surface area contributed by atoms with Crippen molar-refractivity contribution in [3.05, 3.63) is 11.4 Å². The first-order valence-corrected chi connectivity index (χ1v) is 4.52. The van der Waals surface area contributed by atoms with E-state index in [9.17, 15) is 9.18 Å². The van der Waals surface area contributed by atoms with E-state index in [-0.39, 0.29) is 11.3 Å². The molecule has 0 bridgehead atoms. The normalized spacial score (nSPS) is 26.6. The number of aliphatic carboxylic acids is 1. The van der Waals surface area contributed by atoms with E-state index < -0.39 is 11.8 Å². The molecule has 1 saturated carbocycles. The van der Waals surface area contributed by atoms with Crippen LogP contribution < -0.4 is 0 Å². The molecule has 74 valence electrons. The molecule has 13 heavy (non-hydrogen) atoms. The van der Waals surface area contributed by atoms with E-state index in [2.05, 4.69) is 0 Å². The first kappa shape index (κ1) is 10.2. The number of rotatable bonds is 3. The molecule has 0 spiro atoms. The maximum absolute atomic E-state index is 13.1. The van der Waals surface area contributed by atoms with Gasteiger partial charge in [0, 0.05) is 0 Å². The molecule has 0 aromatic heterocycles. The maximum Gasteiger partial charge on any atom is 0.364 e. The van der Waals surface area contributed by atoms with Crippen molar-refractivity contribution in [2.24, 2.45) is 11.3 Å². The Hall–Kier alpha value is -0.860. The SMILES string of the molecule is CC/C(=C(/F)C(=O)O)C1CC1(C)C. The molecule has 1 rings (SSSR count). The molecule has 1 fully saturated rings. The zero-order chi connectivity index (χ0) is 10.2. The second kappa shape index (κ2) is 3.13. The van der Waals surface area contributed by atoms with Crippen LogP contribution in [0.4, 0.5) is 4.39 Å². The Morgan fingerprint density at radius 1 is 1.62 bits per heavy atom. The van der Waals surface area contributed by atoms with E-state index in [1.54, 1.807) is 6.92 Å². The Bertz CT molecular complexity index is 266. The molecule has 0 aromatic carbocycles. The lowest BCUT2D eigenvalue weighted by Crippen LogP contribution is -2.03. The lowest BCUT2D eigenvalue weighted by molar-refractivity contribution is -0.134. The molecule has 1 atom stereocenters. The average Bonchev–Trinajstić information content (AvgIpc) is 2.61. The van der Waals surface area contributed by atoms with E-state index in [0.717, 1.165) is 6.42 Å². The first-order valence-electron chi connectivity index (χ1n) is 4.52. The third-order valence-electron chi connectivity index (χ3n) is 2.78. The van der Waals surface area contributed by atoms with Gasteiger partial charge in [-0.3, -0.25) is 0 Å². The second-order valence-electron chi connectivity index (χ2n) is 4.24. The van der Waals surface area contributed by atoms with Gasteiger partial charge in [0.15, 0.2) is 0 Å². The predicted octanol–water partition coefficient (Wildman–Crippen LogP) is 2.75. The van der Waals surface area contributed by atoms with Crippen molar-refractivity contribution in [1.82, 2.24) is 0 Å². The van der Waals surface area contributed by atoms with E-state index in [1.807, 2.05) is 13.8 Å². The molecule has 2 nitrogen and oxygen atoms in total. The van der Waals surface area contributed by atoms with Crippen LogP contribution in [0.15, 0.2) is 11.4 Å². The van der Waals surface area contributed by atoms with Gasteiger partial charge in [0.2, 0.25) is 5.83 Å². The summed E-state index contributed by atoms with van der Waals surface area (Å²) in [6, 6.07) is 0. The minimum atomic E-state index is -1.43. The average molecular weight is 186 g/mol. The van der Waals surface area contributed by atoms with Gasteiger partial charge in [0.25, 0.3) is 0 Å². The summed E-state index contributed by atoms with van der Waals surface area (Å²) >= 11 is 0. The lowest BCUT2D eigenvalue weighted by atomic mass is 10.0. The highest BCUT2D eigenvalue weighted by Crippen LogP contribution is 2.57. The largest absolute Gasteiger partial charge is 0.476 e. The molecule has 0 heterocycles. The van der Waals surface area contributed by atoms with Gasteiger partial charge in [0.05, 0.1) is 0 Å². The Kier molecular flexibility index (Phi) is 2.46. The summed E-state index contributed by atoms with van der Waals surface area (Å²) in [6.07, 6.45) is 1.39. The van der Waals surface area contributed by atoms with Gasteiger partial charge in [-0.2, -0.15) is 4.39 Å². The van der Waals surface area contributed by atoms with Crippen LogP contribution in [0.5, 0.6) is 0 Å². The predicted molar refractivity (Wildman–Crippen MR) is 47.9 cm³/mol. The van der Waals surface area contributed by atoms with E-state index in [4.69, 9.17) is 5.11 Å². The van der Waals surface area contributed by atoms with Crippen LogP contribution in [0.1, 0.15) is 33.6 Å². The molecule has 0 aromatic rings. The summed E-state index contributed by atoms with van der Waals surface area (Å²) in [5.41, 5.74) is 0.565. The molecule has 0 saturated heterocycles. The van der Waals surface area contributed by atoms with Crippen LogP contribution in [-0.4, -0.2) is 11.1 Å². The van der Waals surface area contributed by atoms with Gasteiger partial charge in [0.1, 0.15) is 0 Å². The van der Waals surface area contributed by atoms with Crippen molar-refractivity contribution in [1.29, 1.82) is 0 Å². The fourth-order valence-electron chi connectivity index (χ4n) is 1.75. The number of hydrogen-bond acceptors (Lipinski definition) is 1. The highest BCUT2D eigenvalue weighted by Gasteiger charge is 2.48. The summed E-state index contributed by atoms with van der Waals surface area (Å²) in [4.78, 5) is 10.4. The smallest absolute Gasteiger partial charge is 0.364 e. The molecule has 1 unspecified atom stereocenters. The van der Waals surface area contributed by atoms with Gasteiger partial charge in [-0.25, -0.2) is 4.79 Å². The molecular formula is C10H15FO2. The summed E-state index contributed by atoms with van der Waals surface area (Å²) in [5, 5.41) is 8.50. The van der Waals surface area contributed by atoms with Crippen LogP contribution >= 0.6 is 0 Å². The van der Waals surface area contributed by atoms with Crippen molar-refractivity contribution in [3.63, 3.8) is 0 Å². The number of carboxylic acid groups (broad SMARTS) is 1. The highest BCUT2D eigenvalue weighted by molar-refractivity contribution is 5.85. The van der Waals surface area contributed by atoms with Gasteiger partial charge in [-0.15, -0.1) is 0 Å². The molecule has 0 aliphatic heterocycles. The molecule has 0 amide bonds. The second-order valence-corrected chi connectivity index (χ2v) is 4.24. The topological polar surface area (TPSA) is 37.3 Å². The zero-order valence-corrected chi connectivity index (χ0v) is 8.22. The number of halogens is 1. The van der Waals surface area contributed by atoms with Gasteiger partial charge >= 0.3 is 5.97 Å². The summed E-state index contributed by atoms with van der Waals surface area (Å²) in [7, 11) is 0. The monoisotopic (exact) mass is 186 g/mol. The molecule has 1 aliphatic carbocycles. The fourth-order valence-corrected chi connectivity index (χ4v) is 1.75. The van der Waals surface area contributed by atoms with Crippen molar-refractivity contribution < 1.29 is 14.3 Å². The summed E-state index contributed by atoms with van der Waals surface area (Å²) in [5.74, 6) is -2.24. The maximum atomic E-state index is 13.1. The Labute approximate surface area is 77.4 Å². The van der Waals surface area contributed by atoms with Gasteiger partial charge in [-0.05, 0) is 29.7 Å². The molecular weight excluding hydrogens is 171 g/mol. The van der Waals surface area contributed by atoms with Gasteiger partial charge < -0.3 is 5.11 Å². The van der Waals surface area contributed by atoms with E-state index in [0.29, 0.717) is 12.0 Å². The zero-order valence-electron chi connectivity index (χ0n) is 8.22. The van der Waals surface area contributed by atoms with Crippen LogP contribution in [0.3, 0.4) is 0 Å². The summed E-state index contributed by atoms with van der Waals surface area (Å²) < 4.78 is 13.1. The van der Waals surface area contributed by atoms with Gasteiger partial charge in [-0.1, -0.05) is 20.8 Å². The Morgan fingerprint density at radius 2 is 2.08 bits per heavy atom. The number of carbonyl (C=O) groups is 1. The fraction of sp³-hybridized carbons (Fsp3) is 0.700. The van der Waals surface area contributed by atoms with Crippen LogP contribution in [0.2, 0.25) is 0 Å². The number of hydrogen-bond donors (Lipinski definition) is 1. The third-order valence-corrected chi connectivity index (χ3v) is 2.78. The van der Waals surface area contributed by atoms with Crippen molar-refractivity contribution in [2.45, 2.75) is 33.6 Å². The Morgan fingerprint density at radius 3 is 2.31 bits per heavy atom. The molecule has 3 heteroatoms. The van der Waals surface area contributed by atoms with Crippen molar-refractivity contribution in [3.8, 4) is 0 Å². The highest BCUT2D eigenvalue weighted by atomic mass is 19.1. The van der Waals surface area contributed by atoms with E-state index >= 15 is 0 Å². The Balaban J connectivity index is 2.87. The molecule has 0 radical (unpaired) electrons. The van der Waals surface area contributed by atoms with E-state index in [1.165, 1.54) is 0 Å². The third kappa shape index (κ3) is 1.90. The lowest BCUT2D eigenvalue weighted by Gasteiger charge is -2.06. The minimum Gasteiger partial charge on any atom is -0.476 e. The summed E-state index contributed by atoms with van der Waals surface area (Å²) in [6.45, 7) is 5.86.